The molecule has 1 atom stereocenters. The van der Waals surface area contributed by atoms with E-state index in [1.165, 1.54) is 11.1 Å². The normalized spacial score (nSPS) is 18.0. The van der Waals surface area contributed by atoms with E-state index < -0.39 is 0 Å². The molecule has 1 aliphatic rings. The highest BCUT2D eigenvalue weighted by Crippen LogP contribution is 2.32. The lowest BCUT2D eigenvalue weighted by Crippen LogP contribution is -2.35. The highest BCUT2D eigenvalue weighted by atomic mass is 16.6. The Balaban J connectivity index is 2.38. The number of allylic oxidation sites excluding steroid dienone is 2. The lowest BCUT2D eigenvalue weighted by atomic mass is 9.92. The van der Waals surface area contributed by atoms with Crippen LogP contribution in [0, 0.1) is 10.1 Å². The van der Waals surface area contributed by atoms with Crippen LogP contribution in [0.2, 0.25) is 0 Å². The summed E-state index contributed by atoms with van der Waals surface area (Å²) in [6.45, 7) is 6.55. The number of nitro benzene ring substituents is 1. The second kappa shape index (κ2) is 7.25. The summed E-state index contributed by atoms with van der Waals surface area (Å²) in [4.78, 5) is 12.8. The van der Waals surface area contributed by atoms with Gasteiger partial charge >= 0.3 is 0 Å². The molecule has 0 aliphatic carbocycles. The van der Waals surface area contributed by atoms with Crippen LogP contribution in [0.15, 0.2) is 47.7 Å². The van der Waals surface area contributed by atoms with Crippen LogP contribution in [0.1, 0.15) is 46.5 Å². The molecular formula is C18H24N2O2. The Kier molecular flexibility index (Phi) is 5.36. The maximum absolute atomic E-state index is 10.8. The van der Waals surface area contributed by atoms with E-state index >= 15 is 0 Å². The molecular weight excluding hydrogens is 276 g/mol. The van der Waals surface area contributed by atoms with E-state index in [1.807, 2.05) is 12.1 Å². The predicted octanol–water partition coefficient (Wildman–Crippen LogP) is 5.21. The molecule has 0 fully saturated rings. The second-order valence-electron chi connectivity index (χ2n) is 5.62. The van der Waals surface area contributed by atoms with E-state index in [0.717, 1.165) is 31.4 Å². The molecule has 118 valence electrons. The summed E-state index contributed by atoms with van der Waals surface area (Å²) in [6.07, 6.45) is 8.74. The molecule has 0 radical (unpaired) electrons. The van der Waals surface area contributed by atoms with Crippen molar-refractivity contribution in [3.05, 3.63) is 57.8 Å². The van der Waals surface area contributed by atoms with Gasteiger partial charge < -0.3 is 4.90 Å². The van der Waals surface area contributed by atoms with Gasteiger partial charge in [-0.25, -0.2) is 0 Å². The Morgan fingerprint density at radius 2 is 1.82 bits per heavy atom. The quantitative estimate of drug-likeness (QED) is 0.535. The first-order chi connectivity index (χ1) is 10.6. The van der Waals surface area contributed by atoms with Gasteiger partial charge in [0.15, 0.2) is 0 Å². The van der Waals surface area contributed by atoms with Crippen LogP contribution in [-0.4, -0.2) is 11.0 Å². The third-order valence-corrected chi connectivity index (χ3v) is 4.18. The second-order valence-corrected chi connectivity index (χ2v) is 5.62. The zero-order chi connectivity index (χ0) is 16.1. The highest BCUT2D eigenvalue weighted by molar-refractivity contribution is 5.58. The Morgan fingerprint density at radius 1 is 1.14 bits per heavy atom. The Bertz CT molecular complexity index is 588. The zero-order valence-electron chi connectivity index (χ0n) is 13.6. The summed E-state index contributed by atoms with van der Waals surface area (Å²) in [5, 5.41) is 10.8. The number of rotatable bonds is 6. The van der Waals surface area contributed by atoms with E-state index in [9.17, 15) is 10.1 Å². The minimum Gasteiger partial charge on any atom is -0.341 e. The number of hydrogen-bond acceptors (Lipinski definition) is 3. The average Bonchev–Trinajstić information content (AvgIpc) is 2.55. The van der Waals surface area contributed by atoms with Gasteiger partial charge in [0.1, 0.15) is 0 Å². The zero-order valence-corrected chi connectivity index (χ0v) is 13.6. The van der Waals surface area contributed by atoms with Gasteiger partial charge in [0.25, 0.3) is 5.69 Å². The summed E-state index contributed by atoms with van der Waals surface area (Å²) in [5.74, 6) is 0. The van der Waals surface area contributed by atoms with Gasteiger partial charge in [-0.3, -0.25) is 10.1 Å². The first-order valence-corrected chi connectivity index (χ1v) is 8.04. The molecule has 0 N–H and O–H groups in total. The number of non-ortho nitro benzene ring substituents is 1. The molecule has 4 heteroatoms. The van der Waals surface area contributed by atoms with Crippen LogP contribution in [-0.2, 0) is 0 Å². The van der Waals surface area contributed by atoms with Gasteiger partial charge in [0, 0.05) is 24.0 Å². The minimum atomic E-state index is -0.353. The SMILES string of the molecule is CCCC1C(CC)=CC(CC)=CN1c1ccc([N+](=O)[O-])cc1. The van der Waals surface area contributed by atoms with Crippen molar-refractivity contribution in [2.45, 2.75) is 52.5 Å². The molecule has 0 aromatic heterocycles. The van der Waals surface area contributed by atoms with Crippen LogP contribution in [0.4, 0.5) is 11.4 Å². The number of benzene rings is 1. The number of nitro groups is 1. The largest absolute Gasteiger partial charge is 0.341 e. The van der Waals surface area contributed by atoms with Crippen molar-refractivity contribution in [2.24, 2.45) is 0 Å². The molecule has 1 aliphatic heterocycles. The van der Waals surface area contributed by atoms with E-state index in [2.05, 4.69) is 37.9 Å². The van der Waals surface area contributed by atoms with Gasteiger partial charge in [-0.05, 0) is 42.5 Å². The van der Waals surface area contributed by atoms with Crippen LogP contribution in [0.5, 0.6) is 0 Å². The minimum absolute atomic E-state index is 0.138. The smallest absolute Gasteiger partial charge is 0.269 e. The molecule has 2 rings (SSSR count). The maximum atomic E-state index is 10.8. The Morgan fingerprint density at radius 3 is 2.32 bits per heavy atom. The van der Waals surface area contributed by atoms with Crippen LogP contribution >= 0.6 is 0 Å². The molecule has 1 aromatic rings. The van der Waals surface area contributed by atoms with Crippen molar-refractivity contribution in [3.63, 3.8) is 0 Å². The van der Waals surface area contributed by atoms with Crippen LogP contribution < -0.4 is 4.90 Å². The van der Waals surface area contributed by atoms with Crippen molar-refractivity contribution in [3.8, 4) is 0 Å². The van der Waals surface area contributed by atoms with Gasteiger partial charge in [-0.15, -0.1) is 0 Å². The number of nitrogens with zero attached hydrogens (tertiary/aromatic N) is 2. The molecule has 22 heavy (non-hydrogen) atoms. The van der Waals surface area contributed by atoms with Gasteiger partial charge in [0.05, 0.1) is 11.0 Å². The summed E-state index contributed by atoms with van der Waals surface area (Å²) in [5.41, 5.74) is 3.91. The molecule has 1 aromatic carbocycles. The van der Waals surface area contributed by atoms with Crippen molar-refractivity contribution >= 4 is 11.4 Å². The third-order valence-electron chi connectivity index (χ3n) is 4.18. The highest BCUT2D eigenvalue weighted by Gasteiger charge is 2.24. The Hall–Kier alpha value is -2.10. The molecule has 1 unspecified atom stereocenters. The van der Waals surface area contributed by atoms with E-state index in [1.54, 1.807) is 12.1 Å². The van der Waals surface area contributed by atoms with Gasteiger partial charge in [-0.1, -0.05) is 33.3 Å². The van der Waals surface area contributed by atoms with Crippen LogP contribution in [0.3, 0.4) is 0 Å². The van der Waals surface area contributed by atoms with Gasteiger partial charge in [0.2, 0.25) is 0 Å². The first kappa shape index (κ1) is 16.3. The molecule has 0 bridgehead atoms. The van der Waals surface area contributed by atoms with E-state index in [4.69, 9.17) is 0 Å². The molecule has 4 nitrogen and oxygen atoms in total. The molecule has 1 heterocycles. The summed E-state index contributed by atoms with van der Waals surface area (Å²) < 4.78 is 0. The molecule has 0 amide bonds. The fraction of sp³-hybridized carbons (Fsp3) is 0.444. The Labute approximate surface area is 132 Å². The summed E-state index contributed by atoms with van der Waals surface area (Å²) in [6, 6.07) is 7.22. The third kappa shape index (κ3) is 3.38. The first-order valence-electron chi connectivity index (χ1n) is 8.04. The van der Waals surface area contributed by atoms with Crippen molar-refractivity contribution in [1.29, 1.82) is 0 Å². The topological polar surface area (TPSA) is 46.4 Å². The summed E-state index contributed by atoms with van der Waals surface area (Å²) >= 11 is 0. The van der Waals surface area contributed by atoms with Crippen LogP contribution in [0.25, 0.3) is 0 Å². The van der Waals surface area contributed by atoms with E-state index in [0.29, 0.717) is 6.04 Å². The maximum Gasteiger partial charge on any atom is 0.269 e. The molecule has 0 saturated carbocycles. The van der Waals surface area contributed by atoms with E-state index in [-0.39, 0.29) is 10.6 Å². The standard InChI is InChI=1S/C18H24N2O2/c1-4-7-18-15(6-3)12-14(5-2)13-19(18)16-8-10-17(11-9-16)20(21)22/h8-13,18H,4-7H2,1-3H3. The summed E-state index contributed by atoms with van der Waals surface area (Å²) in [7, 11) is 0. The lowest BCUT2D eigenvalue weighted by molar-refractivity contribution is -0.384. The number of hydrogen-bond donors (Lipinski definition) is 0. The van der Waals surface area contributed by atoms with Crippen molar-refractivity contribution < 1.29 is 4.92 Å². The molecule has 0 saturated heterocycles. The monoisotopic (exact) mass is 300 g/mol. The number of anilines is 1. The molecule has 0 spiro atoms. The fourth-order valence-corrected chi connectivity index (χ4v) is 2.95. The van der Waals surface area contributed by atoms with Crippen molar-refractivity contribution in [2.75, 3.05) is 4.90 Å². The van der Waals surface area contributed by atoms with Gasteiger partial charge in [-0.2, -0.15) is 0 Å². The average molecular weight is 300 g/mol. The fourth-order valence-electron chi connectivity index (χ4n) is 2.95. The lowest BCUT2D eigenvalue weighted by Gasteiger charge is -2.36. The predicted molar refractivity (Wildman–Crippen MR) is 91.0 cm³/mol. The van der Waals surface area contributed by atoms with Crippen molar-refractivity contribution in [1.82, 2.24) is 0 Å².